The van der Waals surface area contributed by atoms with E-state index in [9.17, 15) is 0 Å². The van der Waals surface area contributed by atoms with Gasteiger partial charge in [-0.15, -0.1) is 0 Å². The van der Waals surface area contributed by atoms with Crippen molar-refractivity contribution in [3.8, 4) is 0 Å². The van der Waals surface area contributed by atoms with Gasteiger partial charge in [0.1, 0.15) is 0 Å². The Morgan fingerprint density at radius 1 is 0.132 bits per heavy atom. The Morgan fingerprint density at radius 2 is 0.217 bits per heavy atom. The maximum absolute atomic E-state index is 2.26. The molecule has 3 radical (unpaired) electrons. The fourth-order valence-electron chi connectivity index (χ4n) is 12.0. The van der Waals surface area contributed by atoms with E-state index in [4.69, 9.17) is 0 Å². The van der Waals surface area contributed by atoms with Crippen molar-refractivity contribution in [3.05, 3.63) is 460 Å². The summed E-state index contributed by atoms with van der Waals surface area (Å²) < 4.78 is 0. The molecular weight excluding hydrogens is 2290 g/mol. The second kappa shape index (κ2) is 49.3. The molecule has 0 bridgehead atoms. The summed E-state index contributed by atoms with van der Waals surface area (Å²) in [6.07, 6.45) is 0. The van der Waals surface area contributed by atoms with Crippen molar-refractivity contribution >= 4 is 119 Å². The SMILES string of the molecule is Cc1ccccc1P(c1ccccc1)c1ccccc1.Cc1ccccc1P(c1ccccc1)c1ccccc1.Cc1ccccc1P(c1ccccc1)c1ccccc1.Cc1ccccc1P(c1ccccc1)c1ccccc1.Cc1ccccc1P(c1ccccc1)c1ccccc1.[Au+].[Au+].[Au].[Au].[Au].[CH3-]. The largest absolute Gasteiger partial charge is 1.00 e. The predicted molar refractivity (Wildman–Crippen MR) is 456 cm³/mol. The molecule has 0 unspecified atom stereocenters. The third-order valence-corrected chi connectivity index (χ3v) is 30.0. The van der Waals surface area contributed by atoms with E-state index < -0.39 is 39.6 Å². The van der Waals surface area contributed by atoms with Gasteiger partial charge in [0.2, 0.25) is 0 Å². The molecule has 0 N–H and O–H groups in total. The Kier molecular flexibility index (Phi) is 42.2. The van der Waals surface area contributed by atoms with Crippen molar-refractivity contribution in [1.82, 2.24) is 0 Å². The minimum Gasteiger partial charge on any atom is -0.358 e. The number of benzene rings is 15. The van der Waals surface area contributed by atoms with Gasteiger partial charge in [-0.3, -0.25) is 0 Å². The van der Waals surface area contributed by atoms with Gasteiger partial charge in [0.25, 0.3) is 0 Å². The molecule has 15 aromatic carbocycles. The molecule has 0 saturated heterocycles. The standard InChI is InChI=1S/5C19H17P.CH3.5Au/c5*1-16-10-8-9-15-19(16)20(17-11-4-2-5-12-17)18-13-6-3-7-14-18;;;;;;/h5*2-15H,1H3;1H3;;;;;/q;;;;;-1;;;;2*+1. The molecule has 106 heavy (non-hydrogen) atoms. The van der Waals surface area contributed by atoms with Gasteiger partial charge >= 0.3 is 44.8 Å². The molecule has 0 fully saturated rings. The zero-order valence-electron chi connectivity index (χ0n) is 60.2. The minimum absolute atomic E-state index is 0. The summed E-state index contributed by atoms with van der Waals surface area (Å²) in [5.41, 5.74) is 6.83. The Labute approximate surface area is 717 Å². The zero-order chi connectivity index (χ0) is 68.9. The van der Waals surface area contributed by atoms with Crippen LogP contribution < -0.4 is 79.6 Å². The van der Waals surface area contributed by atoms with E-state index in [1.807, 2.05) is 0 Å². The summed E-state index contributed by atoms with van der Waals surface area (Å²) in [7, 11) is -2.33. The smallest absolute Gasteiger partial charge is 0.358 e. The van der Waals surface area contributed by atoms with Crippen LogP contribution in [0.2, 0.25) is 0 Å². The van der Waals surface area contributed by atoms with Gasteiger partial charge < -0.3 is 7.43 Å². The van der Waals surface area contributed by atoms with E-state index in [0.29, 0.717) is 0 Å². The molecular formula is C96H88Au5P5+. The Balaban J connectivity index is 0.000000234. The Morgan fingerprint density at radius 3 is 0.311 bits per heavy atom. The number of hydrogen-bond acceptors (Lipinski definition) is 0. The van der Waals surface area contributed by atoms with E-state index in [1.54, 1.807) is 0 Å². The van der Waals surface area contributed by atoms with Gasteiger partial charge in [-0.05, 0) is 182 Å². The van der Waals surface area contributed by atoms with Crippen molar-refractivity contribution < 1.29 is 112 Å². The van der Waals surface area contributed by atoms with E-state index in [2.05, 4.69) is 459 Å². The van der Waals surface area contributed by atoms with Crippen LogP contribution in [-0.2, 0) is 112 Å². The van der Waals surface area contributed by atoms with Crippen LogP contribution in [0.5, 0.6) is 0 Å². The first-order valence-electron chi connectivity index (χ1n) is 34.1. The topological polar surface area (TPSA) is 0 Å². The summed E-state index contributed by atoms with van der Waals surface area (Å²) in [4.78, 5) is 0. The quantitative estimate of drug-likeness (QED) is 0.0545. The van der Waals surface area contributed by atoms with Gasteiger partial charge in [0.15, 0.2) is 0 Å². The molecule has 0 aromatic heterocycles. The van der Waals surface area contributed by atoms with E-state index >= 15 is 0 Å². The normalized spacial score (nSPS) is 10.1. The number of hydrogen-bond donors (Lipinski definition) is 0. The fourth-order valence-corrected chi connectivity index (χ4v) is 24.3. The predicted octanol–water partition coefficient (Wildman–Crippen LogP) is 19.2. The first-order valence-corrected chi connectivity index (χ1v) is 40.8. The molecule has 0 aliphatic heterocycles. The van der Waals surface area contributed by atoms with Gasteiger partial charge in [-0.2, -0.15) is 0 Å². The maximum Gasteiger partial charge on any atom is 1.00 e. The third kappa shape index (κ3) is 25.9. The molecule has 0 aliphatic rings. The van der Waals surface area contributed by atoms with Gasteiger partial charge in [0, 0.05) is 67.1 Å². The molecule has 0 atom stereocenters. The molecule has 0 spiro atoms. The van der Waals surface area contributed by atoms with E-state index in [1.165, 1.54) is 107 Å². The van der Waals surface area contributed by atoms with Gasteiger partial charge in [0.05, 0.1) is 0 Å². The van der Waals surface area contributed by atoms with Crippen LogP contribution in [0.15, 0.2) is 425 Å². The fraction of sp³-hybridized carbons (Fsp3) is 0.0521. The van der Waals surface area contributed by atoms with Crippen molar-refractivity contribution in [1.29, 1.82) is 0 Å². The molecule has 15 aromatic rings. The monoisotopic (exact) mass is 2380 g/mol. The van der Waals surface area contributed by atoms with E-state index in [0.717, 1.165) is 0 Å². The summed E-state index contributed by atoms with van der Waals surface area (Å²) in [5, 5.41) is 21.3. The first-order chi connectivity index (χ1) is 49.3. The van der Waals surface area contributed by atoms with Crippen molar-refractivity contribution in [2.24, 2.45) is 0 Å². The molecule has 551 valence electrons. The van der Waals surface area contributed by atoms with Crippen LogP contribution in [0.1, 0.15) is 27.8 Å². The minimum atomic E-state index is -0.467. The van der Waals surface area contributed by atoms with Crippen LogP contribution in [0, 0.1) is 42.0 Å². The summed E-state index contributed by atoms with van der Waals surface area (Å²) in [6, 6.07) is 152. The molecule has 0 heterocycles. The average Bonchev–Trinajstić information content (AvgIpc) is 0.839. The first kappa shape index (κ1) is 90.8. The number of rotatable bonds is 15. The molecule has 0 amide bonds. The summed E-state index contributed by atoms with van der Waals surface area (Å²) in [5.74, 6) is 0. The Hall–Kier alpha value is -5.85. The molecule has 15 rings (SSSR count). The zero-order valence-corrected chi connectivity index (χ0v) is 75.5. The summed E-state index contributed by atoms with van der Waals surface area (Å²) in [6.45, 7) is 11.0. The van der Waals surface area contributed by atoms with Crippen LogP contribution in [0.3, 0.4) is 0 Å². The summed E-state index contributed by atoms with van der Waals surface area (Å²) >= 11 is 0. The van der Waals surface area contributed by atoms with Crippen molar-refractivity contribution in [2.75, 3.05) is 0 Å². The maximum atomic E-state index is 2.26. The van der Waals surface area contributed by atoms with E-state index in [-0.39, 0.29) is 119 Å². The molecule has 0 saturated carbocycles. The second-order valence-corrected chi connectivity index (χ2v) is 34.9. The van der Waals surface area contributed by atoms with Crippen LogP contribution in [0.4, 0.5) is 0 Å². The second-order valence-electron chi connectivity index (χ2n) is 24.0. The van der Waals surface area contributed by atoms with Crippen LogP contribution in [0.25, 0.3) is 0 Å². The van der Waals surface area contributed by atoms with Crippen LogP contribution >= 0.6 is 39.6 Å². The molecule has 0 aliphatic carbocycles. The van der Waals surface area contributed by atoms with Gasteiger partial charge in [-0.25, -0.2) is 0 Å². The third-order valence-electron chi connectivity index (χ3n) is 16.9. The van der Waals surface area contributed by atoms with Crippen molar-refractivity contribution in [2.45, 2.75) is 34.6 Å². The van der Waals surface area contributed by atoms with Crippen LogP contribution in [-0.4, -0.2) is 0 Å². The number of aryl methyl sites for hydroxylation is 5. The van der Waals surface area contributed by atoms with Crippen molar-refractivity contribution in [3.63, 3.8) is 0 Å². The Bertz CT molecular complexity index is 3930. The average molecular weight is 2380 g/mol. The molecule has 10 heteroatoms. The molecule has 0 nitrogen and oxygen atoms in total. The van der Waals surface area contributed by atoms with Gasteiger partial charge in [-0.1, -0.05) is 425 Å².